The Kier molecular flexibility index (Phi) is 0.879. The lowest BCUT2D eigenvalue weighted by Gasteiger charge is -1.93. The second kappa shape index (κ2) is 1.50. The van der Waals surface area contributed by atoms with Crippen LogP contribution in [0.4, 0.5) is 0 Å². The fraction of sp³-hybridized carbons (Fsp3) is 0.556. The van der Waals surface area contributed by atoms with Gasteiger partial charge in [0.2, 0.25) is 0 Å². The highest BCUT2D eigenvalue weighted by Gasteiger charge is 2.44. The van der Waals surface area contributed by atoms with E-state index in [4.69, 9.17) is 0 Å². The summed E-state index contributed by atoms with van der Waals surface area (Å²) in [5, 5.41) is 0. The highest BCUT2D eigenvalue weighted by atomic mass is 14.5. The molecule has 2 aliphatic rings. The van der Waals surface area contributed by atoms with Crippen LogP contribution in [0.2, 0.25) is 0 Å². The van der Waals surface area contributed by atoms with Crippen molar-refractivity contribution in [2.45, 2.75) is 19.8 Å². The van der Waals surface area contributed by atoms with Gasteiger partial charge in [-0.05, 0) is 24.7 Å². The molecule has 1 saturated carbocycles. The van der Waals surface area contributed by atoms with Crippen molar-refractivity contribution in [1.29, 1.82) is 0 Å². The summed E-state index contributed by atoms with van der Waals surface area (Å²) in [6.07, 6.45) is 4.93. The minimum Gasteiger partial charge on any atom is -0.0955 e. The van der Waals surface area contributed by atoms with Crippen molar-refractivity contribution in [1.82, 2.24) is 0 Å². The molecule has 0 radical (unpaired) electrons. The van der Waals surface area contributed by atoms with E-state index in [0.717, 1.165) is 11.8 Å². The van der Waals surface area contributed by atoms with Gasteiger partial charge in [-0.25, -0.2) is 0 Å². The molecule has 2 unspecified atom stereocenters. The molecule has 0 spiro atoms. The first-order valence-corrected chi connectivity index (χ1v) is 3.72. The molecule has 0 heterocycles. The summed E-state index contributed by atoms with van der Waals surface area (Å²) >= 11 is 0. The molecular formula is C9H12. The van der Waals surface area contributed by atoms with E-state index in [1.54, 1.807) is 5.57 Å². The molecule has 0 bridgehead atoms. The SMILES string of the molecule is C=C1C=C(CC)C2CC12. The summed E-state index contributed by atoms with van der Waals surface area (Å²) in [4.78, 5) is 0. The predicted octanol–water partition coefficient (Wildman–Crippen LogP) is 2.53. The molecule has 0 aromatic heterocycles. The van der Waals surface area contributed by atoms with Crippen molar-refractivity contribution in [3.63, 3.8) is 0 Å². The fourth-order valence-corrected chi connectivity index (χ4v) is 1.83. The molecule has 0 aliphatic heterocycles. The first kappa shape index (κ1) is 5.28. The van der Waals surface area contributed by atoms with Gasteiger partial charge in [0.25, 0.3) is 0 Å². The van der Waals surface area contributed by atoms with E-state index < -0.39 is 0 Å². The van der Waals surface area contributed by atoms with E-state index in [1.807, 2.05) is 0 Å². The number of rotatable bonds is 1. The van der Waals surface area contributed by atoms with E-state index in [9.17, 15) is 0 Å². The molecule has 0 aromatic rings. The maximum absolute atomic E-state index is 4.00. The molecule has 0 amide bonds. The predicted molar refractivity (Wildman–Crippen MR) is 39.1 cm³/mol. The topological polar surface area (TPSA) is 0 Å². The Balaban J connectivity index is 2.24. The summed E-state index contributed by atoms with van der Waals surface area (Å²) in [5.41, 5.74) is 3.03. The van der Waals surface area contributed by atoms with Crippen molar-refractivity contribution in [2.24, 2.45) is 11.8 Å². The lowest BCUT2D eigenvalue weighted by atomic mass is 10.1. The largest absolute Gasteiger partial charge is 0.0955 e. The maximum Gasteiger partial charge on any atom is -0.00960 e. The van der Waals surface area contributed by atoms with E-state index in [0.29, 0.717) is 0 Å². The molecule has 1 fully saturated rings. The van der Waals surface area contributed by atoms with Gasteiger partial charge in [0.1, 0.15) is 0 Å². The average molecular weight is 120 g/mol. The minimum atomic E-state index is 0.875. The molecule has 48 valence electrons. The summed E-state index contributed by atoms with van der Waals surface area (Å²) in [7, 11) is 0. The van der Waals surface area contributed by atoms with Crippen molar-refractivity contribution in [3.05, 3.63) is 23.8 Å². The van der Waals surface area contributed by atoms with Gasteiger partial charge in [-0.3, -0.25) is 0 Å². The Labute approximate surface area is 56.3 Å². The van der Waals surface area contributed by atoms with E-state index in [1.165, 1.54) is 18.4 Å². The Morgan fingerprint density at radius 3 is 2.67 bits per heavy atom. The van der Waals surface area contributed by atoms with Crippen LogP contribution in [0.5, 0.6) is 0 Å². The summed E-state index contributed by atoms with van der Waals surface area (Å²) < 4.78 is 0. The Bertz CT molecular complexity index is 186. The Hall–Kier alpha value is -0.520. The van der Waals surface area contributed by atoms with E-state index >= 15 is 0 Å². The van der Waals surface area contributed by atoms with Crippen molar-refractivity contribution < 1.29 is 0 Å². The third kappa shape index (κ3) is 0.592. The van der Waals surface area contributed by atoms with Gasteiger partial charge in [0.05, 0.1) is 0 Å². The van der Waals surface area contributed by atoms with Crippen molar-refractivity contribution in [3.8, 4) is 0 Å². The van der Waals surface area contributed by atoms with Crippen LogP contribution in [-0.2, 0) is 0 Å². The van der Waals surface area contributed by atoms with E-state index in [2.05, 4.69) is 19.6 Å². The van der Waals surface area contributed by atoms with Crippen LogP contribution in [0.25, 0.3) is 0 Å². The number of hydrogen-bond acceptors (Lipinski definition) is 0. The number of allylic oxidation sites excluding steroid dienone is 3. The molecule has 0 heteroatoms. The Morgan fingerprint density at radius 1 is 1.67 bits per heavy atom. The van der Waals surface area contributed by atoms with Gasteiger partial charge in [-0.15, -0.1) is 0 Å². The molecule has 2 aliphatic carbocycles. The van der Waals surface area contributed by atoms with Gasteiger partial charge >= 0.3 is 0 Å². The van der Waals surface area contributed by atoms with Gasteiger partial charge in [-0.1, -0.05) is 30.7 Å². The van der Waals surface area contributed by atoms with Crippen LogP contribution >= 0.6 is 0 Å². The highest BCUT2D eigenvalue weighted by molar-refractivity contribution is 5.40. The molecule has 9 heavy (non-hydrogen) atoms. The molecule has 0 nitrogen and oxygen atoms in total. The van der Waals surface area contributed by atoms with Crippen molar-refractivity contribution >= 4 is 0 Å². The average Bonchev–Trinajstić information content (AvgIpc) is 2.56. The molecule has 0 saturated heterocycles. The highest BCUT2D eigenvalue weighted by Crippen LogP contribution is 2.54. The molecular weight excluding hydrogens is 108 g/mol. The Morgan fingerprint density at radius 2 is 2.44 bits per heavy atom. The van der Waals surface area contributed by atoms with E-state index in [-0.39, 0.29) is 0 Å². The zero-order valence-corrected chi connectivity index (χ0v) is 5.85. The van der Waals surface area contributed by atoms with Crippen LogP contribution in [0.3, 0.4) is 0 Å². The monoisotopic (exact) mass is 120 g/mol. The van der Waals surface area contributed by atoms with Gasteiger partial charge in [0.15, 0.2) is 0 Å². The molecule has 2 rings (SSSR count). The van der Waals surface area contributed by atoms with Gasteiger partial charge in [0, 0.05) is 0 Å². The van der Waals surface area contributed by atoms with Crippen LogP contribution in [-0.4, -0.2) is 0 Å². The summed E-state index contributed by atoms with van der Waals surface area (Å²) in [6.45, 7) is 6.23. The van der Waals surface area contributed by atoms with Crippen LogP contribution < -0.4 is 0 Å². The molecule has 2 atom stereocenters. The summed E-state index contributed by atoms with van der Waals surface area (Å²) in [6, 6.07) is 0. The van der Waals surface area contributed by atoms with Crippen LogP contribution in [0.1, 0.15) is 19.8 Å². The zero-order chi connectivity index (χ0) is 6.43. The maximum atomic E-state index is 4.00. The van der Waals surface area contributed by atoms with Gasteiger partial charge in [-0.2, -0.15) is 0 Å². The molecule has 0 N–H and O–H groups in total. The second-order valence-electron chi connectivity index (χ2n) is 3.10. The lowest BCUT2D eigenvalue weighted by Crippen LogP contribution is -1.77. The standard InChI is InChI=1S/C9H12/c1-3-7-4-6(2)8-5-9(7)8/h4,8-9H,2-3,5H2,1H3. The third-order valence-electron chi connectivity index (χ3n) is 2.52. The zero-order valence-electron chi connectivity index (χ0n) is 5.85. The minimum absolute atomic E-state index is 0.875. The molecule has 0 aromatic carbocycles. The van der Waals surface area contributed by atoms with Crippen molar-refractivity contribution in [2.75, 3.05) is 0 Å². The van der Waals surface area contributed by atoms with Crippen LogP contribution in [0.15, 0.2) is 23.8 Å². The van der Waals surface area contributed by atoms with Crippen LogP contribution in [0, 0.1) is 11.8 Å². The third-order valence-corrected chi connectivity index (χ3v) is 2.52. The number of fused-ring (bicyclic) bond motifs is 1. The van der Waals surface area contributed by atoms with Gasteiger partial charge < -0.3 is 0 Å². The fourth-order valence-electron chi connectivity index (χ4n) is 1.83. The normalized spacial score (nSPS) is 38.3. The lowest BCUT2D eigenvalue weighted by molar-refractivity contribution is 0.895. The first-order valence-electron chi connectivity index (χ1n) is 3.72. The number of hydrogen-bond donors (Lipinski definition) is 0. The smallest absolute Gasteiger partial charge is 0.00960 e. The second-order valence-corrected chi connectivity index (χ2v) is 3.10. The quantitative estimate of drug-likeness (QED) is 0.499. The summed E-state index contributed by atoms with van der Waals surface area (Å²) in [5.74, 6) is 1.81. The first-order chi connectivity index (χ1) is 4.33.